The van der Waals surface area contributed by atoms with Crippen LogP contribution in [0.5, 0.6) is 0 Å². The molecule has 1 atom stereocenters. The number of carbonyl (C=O) groups excluding carboxylic acids is 2. The van der Waals surface area contributed by atoms with E-state index in [1.807, 2.05) is 0 Å². The smallest absolute Gasteiger partial charge is 0.309 e. The Morgan fingerprint density at radius 3 is 2.71 bits per heavy atom. The van der Waals surface area contributed by atoms with Crippen molar-refractivity contribution < 1.29 is 22.4 Å². The third-order valence-electron chi connectivity index (χ3n) is 4.60. The average Bonchev–Trinajstić information content (AvgIpc) is 3.40. The second kappa shape index (κ2) is 9.35. The van der Waals surface area contributed by atoms with Crippen molar-refractivity contribution in [3.8, 4) is 0 Å². The number of thiophene rings is 1. The van der Waals surface area contributed by atoms with Crippen molar-refractivity contribution in [1.29, 1.82) is 0 Å². The van der Waals surface area contributed by atoms with Gasteiger partial charge in [-0.2, -0.15) is 4.31 Å². The van der Waals surface area contributed by atoms with E-state index in [-0.39, 0.29) is 19.1 Å². The van der Waals surface area contributed by atoms with Gasteiger partial charge in [-0.1, -0.05) is 12.5 Å². The van der Waals surface area contributed by atoms with E-state index in [1.165, 1.54) is 21.9 Å². The standard InChI is InChI=1S/C18H23N3O5S2/c22-17(18(23)20-13-15-6-3-11-26-15)19-9-8-14-5-1-2-10-21(14)28(24,25)16-7-4-12-27-16/h3-4,6-7,11-12,14H,1-2,5,8-10,13H2,(H,19,22)(H,20,23)/t14-/m1/s1. The number of furan rings is 1. The van der Waals surface area contributed by atoms with Crippen LogP contribution in [0.3, 0.4) is 0 Å². The lowest BCUT2D eigenvalue weighted by molar-refractivity contribution is -0.139. The third kappa shape index (κ3) is 5.00. The zero-order valence-corrected chi connectivity index (χ0v) is 16.9. The second-order valence-electron chi connectivity index (χ2n) is 6.50. The molecule has 0 unspecified atom stereocenters. The molecule has 3 rings (SSSR count). The van der Waals surface area contributed by atoms with Crippen molar-refractivity contribution >= 4 is 33.2 Å². The Bertz CT molecular complexity index is 878. The summed E-state index contributed by atoms with van der Waals surface area (Å²) in [6, 6.07) is 6.54. The van der Waals surface area contributed by atoms with Crippen molar-refractivity contribution in [1.82, 2.24) is 14.9 Å². The summed E-state index contributed by atoms with van der Waals surface area (Å²) in [7, 11) is -3.52. The number of nitrogens with zero attached hydrogens (tertiary/aromatic N) is 1. The van der Waals surface area contributed by atoms with Gasteiger partial charge in [-0.3, -0.25) is 9.59 Å². The van der Waals surface area contributed by atoms with Gasteiger partial charge in [0.25, 0.3) is 10.0 Å². The van der Waals surface area contributed by atoms with Crippen LogP contribution in [0, 0.1) is 0 Å². The molecule has 2 amide bonds. The zero-order chi connectivity index (χ0) is 20.0. The van der Waals surface area contributed by atoms with E-state index < -0.39 is 21.8 Å². The minimum atomic E-state index is -3.52. The summed E-state index contributed by atoms with van der Waals surface area (Å²) in [6.45, 7) is 0.839. The second-order valence-corrected chi connectivity index (χ2v) is 9.57. The molecule has 2 N–H and O–H groups in total. The van der Waals surface area contributed by atoms with Gasteiger partial charge >= 0.3 is 11.8 Å². The normalized spacial score (nSPS) is 17.9. The van der Waals surface area contributed by atoms with Gasteiger partial charge in [0, 0.05) is 19.1 Å². The summed E-state index contributed by atoms with van der Waals surface area (Å²) in [6.07, 6.45) is 4.45. The first-order chi connectivity index (χ1) is 13.5. The molecule has 8 nitrogen and oxygen atoms in total. The maximum absolute atomic E-state index is 12.8. The van der Waals surface area contributed by atoms with E-state index >= 15 is 0 Å². The molecule has 28 heavy (non-hydrogen) atoms. The first-order valence-corrected chi connectivity index (χ1v) is 11.4. The maximum atomic E-state index is 12.8. The molecule has 0 radical (unpaired) electrons. The summed E-state index contributed by atoms with van der Waals surface area (Å²) < 4.78 is 32.6. The highest BCUT2D eigenvalue weighted by atomic mass is 32.2. The number of rotatable bonds is 7. The van der Waals surface area contributed by atoms with Crippen LogP contribution in [0.1, 0.15) is 31.4 Å². The topological polar surface area (TPSA) is 109 Å². The molecule has 1 saturated heterocycles. The number of amides is 2. The lowest BCUT2D eigenvalue weighted by Gasteiger charge is -2.34. The first-order valence-electron chi connectivity index (χ1n) is 9.12. The molecule has 2 aromatic rings. The van der Waals surface area contributed by atoms with Crippen LogP contribution < -0.4 is 10.6 Å². The number of hydrogen-bond donors (Lipinski definition) is 2. The summed E-state index contributed by atoms with van der Waals surface area (Å²) in [5.74, 6) is -0.934. The van der Waals surface area contributed by atoms with Gasteiger partial charge in [-0.25, -0.2) is 8.42 Å². The SMILES string of the molecule is O=C(NCC[C@H]1CCCCN1S(=O)(=O)c1cccs1)C(=O)NCc1ccco1. The average molecular weight is 426 g/mol. The largest absolute Gasteiger partial charge is 0.467 e. The molecular formula is C18H23N3O5S2. The Morgan fingerprint density at radius 1 is 1.18 bits per heavy atom. The van der Waals surface area contributed by atoms with E-state index in [9.17, 15) is 18.0 Å². The highest BCUT2D eigenvalue weighted by molar-refractivity contribution is 7.91. The minimum absolute atomic E-state index is 0.134. The van der Waals surface area contributed by atoms with Gasteiger partial charge in [-0.05, 0) is 42.8 Å². The monoisotopic (exact) mass is 425 g/mol. The Hall–Kier alpha value is -2.17. The summed E-state index contributed by atoms with van der Waals surface area (Å²) >= 11 is 1.20. The van der Waals surface area contributed by atoms with E-state index in [4.69, 9.17) is 4.42 Å². The number of carbonyl (C=O) groups is 2. The van der Waals surface area contributed by atoms with Crippen molar-refractivity contribution in [3.63, 3.8) is 0 Å². The Labute approximate surface area is 168 Å². The van der Waals surface area contributed by atoms with Crippen molar-refractivity contribution in [2.75, 3.05) is 13.1 Å². The molecule has 0 spiro atoms. The van der Waals surface area contributed by atoms with Crippen LogP contribution in [0.4, 0.5) is 0 Å². The third-order valence-corrected chi connectivity index (χ3v) is 7.93. The quantitative estimate of drug-likeness (QED) is 0.657. The van der Waals surface area contributed by atoms with Crippen LogP contribution in [0.2, 0.25) is 0 Å². The van der Waals surface area contributed by atoms with Crippen LogP contribution >= 0.6 is 11.3 Å². The van der Waals surface area contributed by atoms with Gasteiger partial charge in [0.1, 0.15) is 9.97 Å². The van der Waals surface area contributed by atoms with Gasteiger partial charge in [0.05, 0.1) is 12.8 Å². The molecule has 10 heteroatoms. The lowest BCUT2D eigenvalue weighted by Crippen LogP contribution is -2.46. The zero-order valence-electron chi connectivity index (χ0n) is 15.3. The molecule has 152 valence electrons. The fourth-order valence-corrected chi connectivity index (χ4v) is 6.04. The van der Waals surface area contributed by atoms with E-state index in [2.05, 4.69) is 10.6 Å². The highest BCUT2D eigenvalue weighted by Crippen LogP contribution is 2.28. The Balaban J connectivity index is 1.49. The molecule has 0 saturated carbocycles. The number of piperidine rings is 1. The predicted octanol–water partition coefficient (Wildman–Crippen LogP) is 1.71. The van der Waals surface area contributed by atoms with Crippen molar-refractivity contribution in [2.45, 2.75) is 42.5 Å². The molecule has 0 bridgehead atoms. The van der Waals surface area contributed by atoms with Crippen LogP contribution in [-0.4, -0.2) is 43.7 Å². The summed E-state index contributed by atoms with van der Waals surface area (Å²) in [4.78, 5) is 23.8. The Morgan fingerprint density at radius 2 is 2.00 bits per heavy atom. The number of sulfonamides is 1. The molecule has 3 heterocycles. The number of nitrogens with one attached hydrogen (secondary N) is 2. The molecule has 0 aromatic carbocycles. The Kier molecular flexibility index (Phi) is 6.87. The van der Waals surface area contributed by atoms with E-state index in [1.54, 1.807) is 29.6 Å². The fraction of sp³-hybridized carbons (Fsp3) is 0.444. The van der Waals surface area contributed by atoms with Gasteiger partial charge < -0.3 is 15.1 Å². The van der Waals surface area contributed by atoms with Gasteiger partial charge in [0.2, 0.25) is 0 Å². The fourth-order valence-electron chi connectivity index (χ4n) is 3.20. The molecular weight excluding hydrogens is 402 g/mol. The van der Waals surface area contributed by atoms with Crippen LogP contribution in [0.15, 0.2) is 44.5 Å². The maximum Gasteiger partial charge on any atom is 0.309 e. The summed E-state index contributed by atoms with van der Waals surface area (Å²) in [5.41, 5.74) is 0. The van der Waals surface area contributed by atoms with Gasteiger partial charge in [-0.15, -0.1) is 11.3 Å². The first kappa shape index (κ1) is 20.6. The van der Waals surface area contributed by atoms with E-state index in [0.29, 0.717) is 22.9 Å². The molecule has 1 aliphatic rings. The number of hydrogen-bond acceptors (Lipinski definition) is 6. The molecule has 2 aromatic heterocycles. The van der Waals surface area contributed by atoms with E-state index in [0.717, 1.165) is 19.3 Å². The van der Waals surface area contributed by atoms with Crippen molar-refractivity contribution in [2.24, 2.45) is 0 Å². The van der Waals surface area contributed by atoms with Crippen LogP contribution in [-0.2, 0) is 26.2 Å². The van der Waals surface area contributed by atoms with Crippen LogP contribution in [0.25, 0.3) is 0 Å². The van der Waals surface area contributed by atoms with Crippen molar-refractivity contribution in [3.05, 3.63) is 41.7 Å². The highest BCUT2D eigenvalue weighted by Gasteiger charge is 2.33. The molecule has 1 fully saturated rings. The summed E-state index contributed by atoms with van der Waals surface area (Å²) in [5, 5.41) is 6.78. The lowest BCUT2D eigenvalue weighted by atomic mass is 10.0. The minimum Gasteiger partial charge on any atom is -0.467 e. The molecule has 0 aliphatic carbocycles. The van der Waals surface area contributed by atoms with Gasteiger partial charge in [0.15, 0.2) is 0 Å². The predicted molar refractivity (Wildman–Crippen MR) is 104 cm³/mol. The molecule has 1 aliphatic heterocycles.